The fourth-order valence-corrected chi connectivity index (χ4v) is 1.03. The minimum atomic E-state index is 0.0180. The molecule has 0 radical (unpaired) electrons. The number of nitrogens with one attached hydrogen (secondary N) is 1. The Bertz CT molecular complexity index is 148. The van der Waals surface area contributed by atoms with E-state index in [1.165, 1.54) is 0 Å². The number of rotatable bonds is 5. The van der Waals surface area contributed by atoms with Crippen LogP contribution in [0, 0.1) is 5.92 Å². The number of carbonyl (C=O) groups is 1. The molecule has 70 valence electrons. The van der Waals surface area contributed by atoms with Gasteiger partial charge >= 0.3 is 0 Å². The summed E-state index contributed by atoms with van der Waals surface area (Å²) in [5, 5.41) is 2.86. The molecule has 2 heteroatoms. The van der Waals surface area contributed by atoms with Gasteiger partial charge in [-0.05, 0) is 18.9 Å². The summed E-state index contributed by atoms with van der Waals surface area (Å²) in [5.41, 5.74) is 0. The lowest BCUT2D eigenvalue weighted by atomic mass is 10.0. The molecule has 0 fully saturated rings. The van der Waals surface area contributed by atoms with Crippen LogP contribution >= 0.6 is 0 Å². The van der Waals surface area contributed by atoms with Gasteiger partial charge in [0.2, 0.25) is 5.91 Å². The molecular weight excluding hydrogens is 150 g/mol. The van der Waals surface area contributed by atoms with Crippen LogP contribution in [0.4, 0.5) is 0 Å². The minimum Gasteiger partial charge on any atom is -0.352 e. The summed E-state index contributed by atoms with van der Waals surface area (Å²) in [5.74, 6) is 0.642. The van der Waals surface area contributed by atoms with Crippen molar-refractivity contribution in [2.24, 2.45) is 5.92 Å². The van der Waals surface area contributed by atoms with E-state index >= 15 is 0 Å². The highest BCUT2D eigenvalue weighted by Gasteiger charge is 2.03. The largest absolute Gasteiger partial charge is 0.352 e. The molecule has 1 amide bonds. The van der Waals surface area contributed by atoms with Crippen LogP contribution in [-0.2, 0) is 4.79 Å². The average molecular weight is 169 g/mol. The van der Waals surface area contributed by atoms with Gasteiger partial charge in [-0.1, -0.05) is 32.8 Å². The van der Waals surface area contributed by atoms with E-state index in [0.717, 1.165) is 19.4 Å². The van der Waals surface area contributed by atoms with E-state index in [1.54, 1.807) is 12.2 Å². The van der Waals surface area contributed by atoms with Crippen LogP contribution in [0.1, 0.15) is 33.6 Å². The zero-order valence-corrected chi connectivity index (χ0v) is 8.26. The molecule has 0 aliphatic rings. The van der Waals surface area contributed by atoms with Crippen LogP contribution < -0.4 is 5.32 Å². The molecule has 0 rings (SSSR count). The summed E-state index contributed by atoms with van der Waals surface area (Å²) in [6.07, 6.45) is 5.57. The predicted octanol–water partition coefficient (Wildman–Crippen LogP) is 2.11. The lowest BCUT2D eigenvalue weighted by Gasteiger charge is -2.11. The van der Waals surface area contributed by atoms with Gasteiger partial charge in [0.15, 0.2) is 0 Å². The summed E-state index contributed by atoms with van der Waals surface area (Å²) >= 11 is 0. The smallest absolute Gasteiger partial charge is 0.243 e. The van der Waals surface area contributed by atoms with E-state index in [-0.39, 0.29) is 5.91 Å². The van der Waals surface area contributed by atoms with Crippen LogP contribution in [0.3, 0.4) is 0 Å². The van der Waals surface area contributed by atoms with Crippen LogP contribution in [0.5, 0.6) is 0 Å². The molecule has 0 spiro atoms. The molecule has 1 N–H and O–H groups in total. The van der Waals surface area contributed by atoms with Gasteiger partial charge in [0, 0.05) is 6.54 Å². The summed E-state index contributed by atoms with van der Waals surface area (Å²) < 4.78 is 0. The third-order valence-electron chi connectivity index (χ3n) is 2.04. The highest BCUT2D eigenvalue weighted by molar-refractivity contribution is 5.87. The molecule has 0 aromatic heterocycles. The summed E-state index contributed by atoms with van der Waals surface area (Å²) in [4.78, 5) is 11.0. The number of hydrogen-bond acceptors (Lipinski definition) is 1. The van der Waals surface area contributed by atoms with E-state index in [1.807, 2.05) is 6.92 Å². The minimum absolute atomic E-state index is 0.0180. The number of amides is 1. The van der Waals surface area contributed by atoms with Crippen LogP contribution in [0.15, 0.2) is 12.2 Å². The van der Waals surface area contributed by atoms with Crippen LogP contribution in [0.2, 0.25) is 0 Å². The van der Waals surface area contributed by atoms with Gasteiger partial charge in [0.25, 0.3) is 0 Å². The Morgan fingerprint density at radius 2 is 2.00 bits per heavy atom. The van der Waals surface area contributed by atoms with Crippen molar-refractivity contribution < 1.29 is 4.79 Å². The molecule has 0 saturated heterocycles. The molecule has 0 atom stereocenters. The van der Waals surface area contributed by atoms with Crippen molar-refractivity contribution in [3.8, 4) is 0 Å². The zero-order valence-electron chi connectivity index (χ0n) is 8.26. The van der Waals surface area contributed by atoms with Crippen molar-refractivity contribution in [3.63, 3.8) is 0 Å². The zero-order chi connectivity index (χ0) is 9.40. The SMILES string of the molecule is C/C=C/C(=O)NCC(CC)CC. The number of allylic oxidation sites excluding steroid dienone is 1. The first-order valence-electron chi connectivity index (χ1n) is 4.65. The Balaban J connectivity index is 3.58. The highest BCUT2D eigenvalue weighted by atomic mass is 16.1. The molecule has 0 aromatic rings. The Labute approximate surface area is 75.0 Å². The standard InChI is InChI=1S/C10H19NO/c1-4-7-10(12)11-8-9(5-2)6-3/h4,7,9H,5-6,8H2,1-3H3,(H,11,12)/b7-4+. The first-order valence-corrected chi connectivity index (χ1v) is 4.65. The van der Waals surface area contributed by atoms with Crippen molar-refractivity contribution in [2.45, 2.75) is 33.6 Å². The van der Waals surface area contributed by atoms with Gasteiger partial charge in [0.1, 0.15) is 0 Å². The third-order valence-corrected chi connectivity index (χ3v) is 2.04. The Morgan fingerprint density at radius 3 is 2.42 bits per heavy atom. The molecular formula is C10H19NO. The Hall–Kier alpha value is -0.790. The average Bonchev–Trinajstić information content (AvgIpc) is 2.07. The second-order valence-corrected chi connectivity index (χ2v) is 2.93. The fraction of sp³-hybridized carbons (Fsp3) is 0.700. The van der Waals surface area contributed by atoms with E-state index in [4.69, 9.17) is 0 Å². The molecule has 0 aliphatic heterocycles. The van der Waals surface area contributed by atoms with E-state index < -0.39 is 0 Å². The maximum atomic E-state index is 11.0. The molecule has 0 saturated carbocycles. The third kappa shape index (κ3) is 4.94. The van der Waals surface area contributed by atoms with Gasteiger partial charge in [0.05, 0.1) is 0 Å². The number of hydrogen-bond donors (Lipinski definition) is 1. The summed E-state index contributed by atoms with van der Waals surface area (Å²) in [7, 11) is 0. The monoisotopic (exact) mass is 169 g/mol. The maximum Gasteiger partial charge on any atom is 0.243 e. The molecule has 12 heavy (non-hydrogen) atoms. The van der Waals surface area contributed by atoms with Crippen molar-refractivity contribution in [1.29, 1.82) is 0 Å². The van der Waals surface area contributed by atoms with Gasteiger partial charge in [-0.3, -0.25) is 4.79 Å². The summed E-state index contributed by atoms with van der Waals surface area (Å²) in [6.45, 7) is 6.94. The first kappa shape index (κ1) is 11.2. The lowest BCUT2D eigenvalue weighted by Crippen LogP contribution is -2.27. The van der Waals surface area contributed by atoms with E-state index in [0.29, 0.717) is 5.92 Å². The van der Waals surface area contributed by atoms with Crippen molar-refractivity contribution >= 4 is 5.91 Å². The normalized spacial score (nSPS) is 11.0. The Morgan fingerprint density at radius 1 is 1.42 bits per heavy atom. The second-order valence-electron chi connectivity index (χ2n) is 2.93. The van der Waals surface area contributed by atoms with Crippen molar-refractivity contribution in [1.82, 2.24) is 5.32 Å². The van der Waals surface area contributed by atoms with E-state index in [9.17, 15) is 4.79 Å². The lowest BCUT2D eigenvalue weighted by molar-refractivity contribution is -0.116. The maximum absolute atomic E-state index is 11.0. The Kier molecular flexibility index (Phi) is 6.44. The molecule has 0 aromatic carbocycles. The van der Waals surface area contributed by atoms with Crippen LogP contribution in [-0.4, -0.2) is 12.5 Å². The topological polar surface area (TPSA) is 29.1 Å². The van der Waals surface area contributed by atoms with Crippen LogP contribution in [0.25, 0.3) is 0 Å². The highest BCUT2D eigenvalue weighted by Crippen LogP contribution is 2.04. The fourth-order valence-electron chi connectivity index (χ4n) is 1.03. The molecule has 0 heterocycles. The van der Waals surface area contributed by atoms with Gasteiger partial charge in [-0.15, -0.1) is 0 Å². The summed E-state index contributed by atoms with van der Waals surface area (Å²) in [6, 6.07) is 0. The van der Waals surface area contributed by atoms with Crippen molar-refractivity contribution in [3.05, 3.63) is 12.2 Å². The second kappa shape index (κ2) is 6.89. The molecule has 0 aliphatic carbocycles. The predicted molar refractivity (Wildman–Crippen MR) is 51.9 cm³/mol. The van der Waals surface area contributed by atoms with Gasteiger partial charge < -0.3 is 5.32 Å². The van der Waals surface area contributed by atoms with E-state index in [2.05, 4.69) is 19.2 Å². The quantitative estimate of drug-likeness (QED) is 0.627. The van der Waals surface area contributed by atoms with Gasteiger partial charge in [-0.2, -0.15) is 0 Å². The van der Waals surface area contributed by atoms with Crippen molar-refractivity contribution in [2.75, 3.05) is 6.54 Å². The molecule has 0 unspecified atom stereocenters. The molecule has 2 nitrogen and oxygen atoms in total. The van der Waals surface area contributed by atoms with Gasteiger partial charge in [-0.25, -0.2) is 0 Å². The number of carbonyl (C=O) groups excluding carboxylic acids is 1. The molecule has 0 bridgehead atoms. The first-order chi connectivity index (χ1) is 5.74.